The minimum absolute atomic E-state index is 0.286. The molecule has 1 amide bonds. The van der Waals surface area contributed by atoms with E-state index < -0.39 is 5.60 Å². The van der Waals surface area contributed by atoms with Gasteiger partial charge in [0.2, 0.25) is 0 Å². The van der Waals surface area contributed by atoms with Gasteiger partial charge in [0.1, 0.15) is 10.2 Å². The molecule has 0 saturated heterocycles. The summed E-state index contributed by atoms with van der Waals surface area (Å²) in [6, 6.07) is 3.87. The molecule has 0 aromatic carbocycles. The number of fused-ring (bicyclic) bond motifs is 1. The fourth-order valence-electron chi connectivity index (χ4n) is 1.68. The Hall–Kier alpha value is -1.10. The minimum Gasteiger partial charge on any atom is -0.444 e. The van der Waals surface area contributed by atoms with Crippen LogP contribution in [0.5, 0.6) is 0 Å². The van der Waals surface area contributed by atoms with Crippen molar-refractivity contribution < 1.29 is 9.53 Å². The summed E-state index contributed by atoms with van der Waals surface area (Å²) in [5, 5.41) is 0. The molecule has 1 aromatic rings. The van der Waals surface area contributed by atoms with Crippen molar-refractivity contribution in [3.05, 3.63) is 28.0 Å². The quantitative estimate of drug-likeness (QED) is 0.691. The van der Waals surface area contributed by atoms with E-state index in [2.05, 4.69) is 20.9 Å². The van der Waals surface area contributed by atoms with Crippen molar-refractivity contribution >= 4 is 22.0 Å². The number of halogens is 1. The zero-order valence-electron chi connectivity index (χ0n) is 10.2. The summed E-state index contributed by atoms with van der Waals surface area (Å²) in [4.78, 5) is 17.9. The molecule has 4 nitrogen and oxygen atoms in total. The molecule has 0 N–H and O–H groups in total. The second-order valence-electron chi connectivity index (χ2n) is 5.08. The molecule has 0 unspecified atom stereocenters. The Balaban J connectivity index is 2.07. The van der Waals surface area contributed by atoms with Gasteiger partial charge in [0.25, 0.3) is 0 Å². The first-order chi connectivity index (χ1) is 7.85. The Morgan fingerprint density at radius 2 is 2.12 bits per heavy atom. The number of carbonyl (C=O) groups is 1. The lowest BCUT2D eigenvalue weighted by atomic mass is 10.2. The van der Waals surface area contributed by atoms with Crippen molar-refractivity contribution in [1.29, 1.82) is 0 Å². The summed E-state index contributed by atoms with van der Waals surface area (Å²) in [5.41, 5.74) is 1.56. The van der Waals surface area contributed by atoms with Crippen LogP contribution in [0.3, 0.4) is 0 Å². The molecule has 0 saturated carbocycles. The summed E-state index contributed by atoms with van der Waals surface area (Å²) in [5.74, 6) is 0. The highest BCUT2D eigenvalue weighted by Crippen LogP contribution is 2.24. The Morgan fingerprint density at radius 1 is 1.41 bits per heavy atom. The van der Waals surface area contributed by atoms with Crippen molar-refractivity contribution in [2.75, 3.05) is 0 Å². The van der Waals surface area contributed by atoms with E-state index in [9.17, 15) is 4.79 Å². The maximum absolute atomic E-state index is 11.9. The van der Waals surface area contributed by atoms with Crippen LogP contribution >= 0.6 is 15.9 Å². The molecule has 1 aromatic heterocycles. The smallest absolute Gasteiger partial charge is 0.410 e. The van der Waals surface area contributed by atoms with Gasteiger partial charge in [-0.05, 0) is 48.3 Å². The van der Waals surface area contributed by atoms with Gasteiger partial charge in [-0.25, -0.2) is 9.78 Å². The maximum atomic E-state index is 11.9. The SMILES string of the molecule is CC(C)(C)OC(=O)N1Cc2ccc(Br)nc2C1. The highest BCUT2D eigenvalue weighted by atomic mass is 79.9. The number of hydrogen-bond donors (Lipinski definition) is 0. The van der Waals surface area contributed by atoms with Crippen LogP contribution < -0.4 is 0 Å². The van der Waals surface area contributed by atoms with E-state index >= 15 is 0 Å². The van der Waals surface area contributed by atoms with E-state index in [1.165, 1.54) is 0 Å². The van der Waals surface area contributed by atoms with E-state index in [0.717, 1.165) is 15.9 Å². The van der Waals surface area contributed by atoms with E-state index in [1.807, 2.05) is 32.9 Å². The van der Waals surface area contributed by atoms with Crippen LogP contribution in [-0.2, 0) is 17.8 Å². The number of hydrogen-bond acceptors (Lipinski definition) is 3. The second kappa shape index (κ2) is 4.29. The largest absolute Gasteiger partial charge is 0.444 e. The Labute approximate surface area is 109 Å². The molecule has 0 radical (unpaired) electrons. The van der Waals surface area contributed by atoms with E-state index in [1.54, 1.807) is 4.90 Å². The van der Waals surface area contributed by atoms with Gasteiger partial charge < -0.3 is 4.74 Å². The predicted octanol–water partition coefficient (Wildman–Crippen LogP) is 3.09. The number of rotatable bonds is 0. The van der Waals surface area contributed by atoms with Crippen molar-refractivity contribution in [3.8, 4) is 0 Å². The predicted molar refractivity (Wildman–Crippen MR) is 67.4 cm³/mol. The number of aromatic nitrogens is 1. The van der Waals surface area contributed by atoms with Crippen molar-refractivity contribution in [3.63, 3.8) is 0 Å². The van der Waals surface area contributed by atoms with E-state index in [-0.39, 0.29) is 6.09 Å². The van der Waals surface area contributed by atoms with Gasteiger partial charge in [-0.3, -0.25) is 4.90 Å². The molecule has 0 atom stereocenters. The molecule has 2 rings (SSSR count). The van der Waals surface area contributed by atoms with E-state index in [0.29, 0.717) is 13.1 Å². The molecular formula is C12H15BrN2O2. The topological polar surface area (TPSA) is 42.4 Å². The maximum Gasteiger partial charge on any atom is 0.410 e. The van der Waals surface area contributed by atoms with Gasteiger partial charge in [0, 0.05) is 0 Å². The lowest BCUT2D eigenvalue weighted by Gasteiger charge is -2.23. The van der Waals surface area contributed by atoms with Gasteiger partial charge in [-0.2, -0.15) is 0 Å². The van der Waals surface area contributed by atoms with Crippen LogP contribution in [0.15, 0.2) is 16.7 Å². The molecule has 17 heavy (non-hydrogen) atoms. The fourth-order valence-corrected chi connectivity index (χ4v) is 2.03. The number of carbonyl (C=O) groups excluding carboxylic acids is 1. The number of ether oxygens (including phenoxy) is 1. The van der Waals surface area contributed by atoms with E-state index in [4.69, 9.17) is 4.74 Å². The zero-order valence-corrected chi connectivity index (χ0v) is 11.7. The molecule has 0 bridgehead atoms. The lowest BCUT2D eigenvalue weighted by molar-refractivity contribution is 0.0240. The molecule has 0 fully saturated rings. The van der Waals surface area contributed by atoms with Gasteiger partial charge >= 0.3 is 6.09 Å². The average molecular weight is 299 g/mol. The van der Waals surface area contributed by atoms with Crippen LogP contribution in [0.25, 0.3) is 0 Å². The van der Waals surface area contributed by atoms with Crippen LogP contribution in [0, 0.1) is 0 Å². The van der Waals surface area contributed by atoms with Gasteiger partial charge in [0.05, 0.1) is 18.8 Å². The minimum atomic E-state index is -0.458. The number of amides is 1. The third-order valence-electron chi connectivity index (χ3n) is 2.39. The van der Waals surface area contributed by atoms with Crippen LogP contribution in [0.2, 0.25) is 0 Å². The van der Waals surface area contributed by atoms with Crippen molar-refractivity contribution in [2.24, 2.45) is 0 Å². The molecule has 0 spiro atoms. The monoisotopic (exact) mass is 298 g/mol. The third-order valence-corrected chi connectivity index (χ3v) is 2.83. The summed E-state index contributed by atoms with van der Waals surface area (Å²) in [7, 11) is 0. The second-order valence-corrected chi connectivity index (χ2v) is 5.89. The summed E-state index contributed by atoms with van der Waals surface area (Å²) < 4.78 is 6.12. The summed E-state index contributed by atoms with van der Waals surface area (Å²) >= 11 is 3.32. The summed E-state index contributed by atoms with van der Waals surface area (Å²) in [6.07, 6.45) is -0.286. The standard InChI is InChI=1S/C12H15BrN2O2/c1-12(2,3)17-11(16)15-6-8-4-5-10(13)14-9(8)7-15/h4-5H,6-7H2,1-3H3. The lowest BCUT2D eigenvalue weighted by Crippen LogP contribution is -2.33. The highest BCUT2D eigenvalue weighted by Gasteiger charge is 2.28. The first-order valence-electron chi connectivity index (χ1n) is 5.47. The van der Waals surface area contributed by atoms with Gasteiger partial charge in [-0.1, -0.05) is 6.07 Å². The normalized spacial score (nSPS) is 14.7. The first-order valence-corrected chi connectivity index (χ1v) is 6.27. The molecule has 5 heteroatoms. The zero-order chi connectivity index (χ0) is 12.6. The van der Waals surface area contributed by atoms with Crippen LogP contribution in [-0.4, -0.2) is 21.6 Å². The molecule has 92 valence electrons. The highest BCUT2D eigenvalue weighted by molar-refractivity contribution is 9.10. The molecule has 2 heterocycles. The molecule has 0 aliphatic carbocycles. The fraction of sp³-hybridized carbons (Fsp3) is 0.500. The van der Waals surface area contributed by atoms with Crippen LogP contribution in [0.1, 0.15) is 32.0 Å². The van der Waals surface area contributed by atoms with Gasteiger partial charge in [-0.15, -0.1) is 0 Å². The number of nitrogens with zero attached hydrogens (tertiary/aromatic N) is 2. The Morgan fingerprint density at radius 3 is 2.76 bits per heavy atom. The summed E-state index contributed by atoms with van der Waals surface area (Å²) in [6.45, 7) is 6.68. The molecule has 1 aliphatic heterocycles. The number of pyridine rings is 1. The van der Waals surface area contributed by atoms with Crippen LogP contribution in [0.4, 0.5) is 4.79 Å². The Bertz CT molecular complexity index is 454. The third kappa shape index (κ3) is 2.97. The Kier molecular flexibility index (Phi) is 3.12. The first kappa shape index (κ1) is 12.4. The average Bonchev–Trinajstić information content (AvgIpc) is 2.57. The van der Waals surface area contributed by atoms with Crippen molar-refractivity contribution in [1.82, 2.24) is 9.88 Å². The molecular weight excluding hydrogens is 284 g/mol. The molecule has 1 aliphatic rings. The van der Waals surface area contributed by atoms with Crippen molar-refractivity contribution in [2.45, 2.75) is 39.5 Å². The van der Waals surface area contributed by atoms with Gasteiger partial charge in [0.15, 0.2) is 0 Å².